The predicted octanol–water partition coefficient (Wildman–Crippen LogP) is 4.68. The molecule has 0 saturated heterocycles. The van der Waals surface area contributed by atoms with Crippen LogP contribution in [0.25, 0.3) is 11.4 Å². The Bertz CT molecular complexity index is 1010. The number of aromatic nitrogens is 3. The number of hydrogen-bond donors (Lipinski definition) is 1. The highest BCUT2D eigenvalue weighted by molar-refractivity contribution is 7.99. The number of fused-ring (bicyclic) bond motifs is 1. The van der Waals surface area contributed by atoms with E-state index < -0.39 is 0 Å². The number of benzene rings is 1. The van der Waals surface area contributed by atoms with Gasteiger partial charge in [-0.25, -0.2) is 0 Å². The number of carbonyl (C=O) groups excluding carboxylic acids is 1. The zero-order valence-corrected chi connectivity index (χ0v) is 19.1. The van der Waals surface area contributed by atoms with Gasteiger partial charge in [-0.05, 0) is 55.5 Å². The standard InChI is InChI=1S/C25H30N4OS/c1-18(2)31-20-12-10-19(11-13-20)17-24(30)27-15-16-29-23-9-4-3-7-21(23)25(28-29)22-8-5-6-14-26-22/h5-6,8,10-14,18H,3-4,7,9,15-17H2,1-2H3,(H,27,30). The number of carbonyl (C=O) groups is 1. The third-order valence-corrected chi connectivity index (χ3v) is 6.49. The van der Waals surface area contributed by atoms with Gasteiger partial charge in [-0.15, -0.1) is 11.8 Å². The number of pyridine rings is 1. The van der Waals surface area contributed by atoms with E-state index in [1.165, 1.54) is 29.0 Å². The molecule has 0 atom stereocenters. The summed E-state index contributed by atoms with van der Waals surface area (Å²) in [5.74, 6) is 0.0511. The normalized spacial score (nSPS) is 13.3. The summed E-state index contributed by atoms with van der Waals surface area (Å²) in [5, 5.41) is 8.49. The second kappa shape index (κ2) is 10.1. The molecule has 0 spiro atoms. The molecule has 1 aliphatic rings. The number of nitrogens with zero attached hydrogens (tertiary/aromatic N) is 3. The van der Waals surface area contributed by atoms with Crippen LogP contribution in [-0.4, -0.2) is 32.5 Å². The summed E-state index contributed by atoms with van der Waals surface area (Å²) >= 11 is 1.83. The molecule has 2 aromatic heterocycles. The van der Waals surface area contributed by atoms with Gasteiger partial charge < -0.3 is 5.32 Å². The Morgan fingerprint density at radius 3 is 2.68 bits per heavy atom. The number of amides is 1. The third-order valence-electron chi connectivity index (χ3n) is 5.47. The van der Waals surface area contributed by atoms with Gasteiger partial charge in [0.2, 0.25) is 5.91 Å². The van der Waals surface area contributed by atoms with Gasteiger partial charge >= 0.3 is 0 Å². The smallest absolute Gasteiger partial charge is 0.224 e. The molecule has 0 bridgehead atoms. The minimum atomic E-state index is 0.0511. The van der Waals surface area contributed by atoms with Crippen LogP contribution in [0.2, 0.25) is 0 Å². The van der Waals surface area contributed by atoms with Crippen molar-refractivity contribution in [1.29, 1.82) is 0 Å². The predicted molar refractivity (Wildman–Crippen MR) is 126 cm³/mol. The zero-order valence-electron chi connectivity index (χ0n) is 18.3. The van der Waals surface area contributed by atoms with E-state index in [0.29, 0.717) is 24.8 Å². The average molecular weight is 435 g/mol. The van der Waals surface area contributed by atoms with Gasteiger partial charge in [0.15, 0.2) is 0 Å². The van der Waals surface area contributed by atoms with E-state index in [9.17, 15) is 4.79 Å². The second-order valence-electron chi connectivity index (χ2n) is 8.26. The van der Waals surface area contributed by atoms with Crippen LogP contribution >= 0.6 is 11.8 Å². The van der Waals surface area contributed by atoms with E-state index in [0.717, 1.165) is 29.8 Å². The van der Waals surface area contributed by atoms with E-state index in [4.69, 9.17) is 5.10 Å². The fourth-order valence-corrected chi connectivity index (χ4v) is 4.91. The molecule has 5 nitrogen and oxygen atoms in total. The first-order chi connectivity index (χ1) is 15.1. The van der Waals surface area contributed by atoms with E-state index >= 15 is 0 Å². The number of thioether (sulfide) groups is 1. The Labute approximate surface area is 188 Å². The molecule has 0 aliphatic heterocycles. The first-order valence-electron chi connectivity index (χ1n) is 11.1. The van der Waals surface area contributed by atoms with Crippen LogP contribution in [0.5, 0.6) is 0 Å². The van der Waals surface area contributed by atoms with Crippen LogP contribution in [0.15, 0.2) is 53.6 Å². The van der Waals surface area contributed by atoms with Gasteiger partial charge in [0, 0.05) is 34.1 Å². The van der Waals surface area contributed by atoms with Crippen molar-refractivity contribution in [2.75, 3.05) is 6.54 Å². The Balaban J connectivity index is 1.35. The van der Waals surface area contributed by atoms with Crippen LogP contribution in [0.1, 0.15) is 43.5 Å². The van der Waals surface area contributed by atoms with Crippen LogP contribution in [0.4, 0.5) is 0 Å². The van der Waals surface area contributed by atoms with E-state index in [2.05, 4.69) is 41.0 Å². The van der Waals surface area contributed by atoms with Crippen molar-refractivity contribution in [2.24, 2.45) is 0 Å². The van der Waals surface area contributed by atoms with E-state index in [1.807, 2.05) is 48.3 Å². The fourth-order valence-electron chi connectivity index (χ4n) is 4.07. The molecule has 2 heterocycles. The zero-order chi connectivity index (χ0) is 21.6. The molecule has 1 aliphatic carbocycles. The highest BCUT2D eigenvalue weighted by Gasteiger charge is 2.22. The highest BCUT2D eigenvalue weighted by Crippen LogP contribution is 2.30. The summed E-state index contributed by atoms with van der Waals surface area (Å²) in [4.78, 5) is 18.2. The molecule has 0 fully saturated rings. The molecule has 6 heteroatoms. The van der Waals surface area contributed by atoms with Gasteiger partial charge in [-0.2, -0.15) is 5.10 Å². The van der Waals surface area contributed by atoms with Crippen LogP contribution in [-0.2, 0) is 30.6 Å². The lowest BCUT2D eigenvalue weighted by atomic mass is 9.95. The van der Waals surface area contributed by atoms with Crippen LogP contribution < -0.4 is 5.32 Å². The summed E-state index contributed by atoms with van der Waals surface area (Å²) in [7, 11) is 0. The monoisotopic (exact) mass is 434 g/mol. The van der Waals surface area contributed by atoms with Crippen molar-refractivity contribution in [3.8, 4) is 11.4 Å². The molecule has 0 radical (unpaired) electrons. The summed E-state index contributed by atoms with van der Waals surface area (Å²) in [6.07, 6.45) is 6.71. The fraction of sp³-hybridized carbons (Fsp3) is 0.400. The second-order valence-corrected chi connectivity index (χ2v) is 9.91. The molecule has 0 saturated carbocycles. The van der Waals surface area contributed by atoms with Crippen LogP contribution in [0.3, 0.4) is 0 Å². The Morgan fingerprint density at radius 2 is 1.94 bits per heavy atom. The molecule has 162 valence electrons. The molecule has 1 N–H and O–H groups in total. The third kappa shape index (κ3) is 5.56. The maximum Gasteiger partial charge on any atom is 0.224 e. The first-order valence-corrected chi connectivity index (χ1v) is 12.0. The topological polar surface area (TPSA) is 59.8 Å². The van der Waals surface area contributed by atoms with Crippen molar-refractivity contribution in [3.63, 3.8) is 0 Å². The van der Waals surface area contributed by atoms with Crippen molar-refractivity contribution < 1.29 is 4.79 Å². The van der Waals surface area contributed by atoms with Gasteiger partial charge in [0.05, 0.1) is 18.7 Å². The van der Waals surface area contributed by atoms with Crippen molar-refractivity contribution in [3.05, 3.63) is 65.5 Å². The average Bonchev–Trinajstić information content (AvgIpc) is 3.14. The van der Waals surface area contributed by atoms with Gasteiger partial charge in [-0.3, -0.25) is 14.5 Å². The molecular weight excluding hydrogens is 404 g/mol. The Hall–Kier alpha value is -2.60. The maximum atomic E-state index is 12.4. The molecule has 4 rings (SSSR count). The maximum absolute atomic E-state index is 12.4. The summed E-state index contributed by atoms with van der Waals surface area (Å²) in [5.41, 5.74) is 5.61. The minimum Gasteiger partial charge on any atom is -0.354 e. The van der Waals surface area contributed by atoms with E-state index in [-0.39, 0.29) is 5.91 Å². The summed E-state index contributed by atoms with van der Waals surface area (Å²) in [6.45, 7) is 5.63. The largest absolute Gasteiger partial charge is 0.354 e. The lowest BCUT2D eigenvalue weighted by Gasteiger charge is -2.14. The summed E-state index contributed by atoms with van der Waals surface area (Å²) < 4.78 is 2.08. The molecular formula is C25H30N4OS. The lowest BCUT2D eigenvalue weighted by molar-refractivity contribution is -0.120. The van der Waals surface area contributed by atoms with Gasteiger partial charge in [0.25, 0.3) is 0 Å². The molecule has 1 amide bonds. The summed E-state index contributed by atoms with van der Waals surface area (Å²) in [6, 6.07) is 14.3. The highest BCUT2D eigenvalue weighted by atomic mass is 32.2. The quantitative estimate of drug-likeness (QED) is 0.523. The molecule has 3 aromatic rings. The SMILES string of the molecule is CC(C)Sc1ccc(CC(=O)NCCn2nc(-c3ccccn3)c3c2CCCC3)cc1. The molecule has 0 unspecified atom stereocenters. The Morgan fingerprint density at radius 1 is 1.13 bits per heavy atom. The minimum absolute atomic E-state index is 0.0511. The van der Waals surface area contributed by atoms with Gasteiger partial charge in [-0.1, -0.05) is 32.0 Å². The molecule has 1 aromatic carbocycles. The number of hydrogen-bond acceptors (Lipinski definition) is 4. The lowest BCUT2D eigenvalue weighted by Crippen LogP contribution is -2.29. The number of nitrogens with one attached hydrogen (secondary N) is 1. The van der Waals surface area contributed by atoms with Gasteiger partial charge in [0.1, 0.15) is 5.69 Å². The van der Waals surface area contributed by atoms with E-state index in [1.54, 1.807) is 0 Å². The van der Waals surface area contributed by atoms with Crippen molar-refractivity contribution in [2.45, 2.75) is 62.6 Å². The van der Waals surface area contributed by atoms with Crippen molar-refractivity contribution >= 4 is 17.7 Å². The van der Waals surface area contributed by atoms with Crippen molar-refractivity contribution in [1.82, 2.24) is 20.1 Å². The molecule has 31 heavy (non-hydrogen) atoms. The number of rotatable bonds is 8. The first kappa shape index (κ1) is 21.6. The van der Waals surface area contributed by atoms with Crippen LogP contribution in [0, 0.1) is 0 Å². The Kier molecular flexibility index (Phi) is 7.07.